The van der Waals surface area contributed by atoms with Crippen LogP contribution in [0.25, 0.3) is 0 Å². The number of hydrogen-bond acceptors (Lipinski definition) is 5. The Kier molecular flexibility index (Phi) is 3.78. The molecule has 0 amide bonds. The Balaban J connectivity index is 2.10. The molecule has 0 saturated carbocycles. The van der Waals surface area contributed by atoms with Gasteiger partial charge in [-0.05, 0) is 19.1 Å². The molecular weight excluding hydrogens is 246 g/mol. The van der Waals surface area contributed by atoms with Crippen LogP contribution in [0.3, 0.4) is 0 Å². The lowest BCUT2D eigenvalue weighted by molar-refractivity contribution is 0.976. The van der Waals surface area contributed by atoms with E-state index in [2.05, 4.69) is 20.3 Å². The minimum Gasteiger partial charge on any atom is -0.389 e. The molecule has 0 aliphatic heterocycles. The van der Waals surface area contributed by atoms with E-state index in [4.69, 9.17) is 18.0 Å². The summed E-state index contributed by atoms with van der Waals surface area (Å²) in [7, 11) is 0. The third-order valence-electron chi connectivity index (χ3n) is 2.34. The number of aryl methyl sites for hydroxylation is 1. The topological polar surface area (TPSA) is 76.7 Å². The summed E-state index contributed by atoms with van der Waals surface area (Å²) in [4.78, 5) is 13.0. The molecule has 0 fully saturated rings. The number of rotatable bonds is 4. The molecule has 2 heterocycles. The van der Waals surface area contributed by atoms with E-state index in [1.165, 1.54) is 0 Å². The molecule has 0 spiro atoms. The second-order valence-corrected chi connectivity index (χ2v) is 4.21. The van der Waals surface area contributed by atoms with Gasteiger partial charge in [0.25, 0.3) is 0 Å². The summed E-state index contributed by atoms with van der Waals surface area (Å²) in [6.45, 7) is 2.42. The lowest BCUT2D eigenvalue weighted by Crippen LogP contribution is -2.14. The summed E-state index contributed by atoms with van der Waals surface area (Å²) >= 11 is 4.97. The maximum atomic E-state index is 5.63. The van der Waals surface area contributed by atoms with Gasteiger partial charge < -0.3 is 11.1 Å². The van der Waals surface area contributed by atoms with Crippen molar-refractivity contribution in [3.05, 3.63) is 47.7 Å². The molecule has 0 aliphatic rings. The van der Waals surface area contributed by atoms with E-state index in [0.29, 0.717) is 17.4 Å². The maximum absolute atomic E-state index is 5.63. The highest BCUT2D eigenvalue weighted by Gasteiger charge is 2.05. The molecule has 3 N–H and O–H groups in total. The minimum atomic E-state index is 0.320. The Morgan fingerprint density at radius 2 is 2.17 bits per heavy atom. The number of aromatic nitrogens is 3. The number of pyridine rings is 1. The van der Waals surface area contributed by atoms with Gasteiger partial charge in [0.1, 0.15) is 10.8 Å². The van der Waals surface area contributed by atoms with E-state index in [1.807, 2.05) is 13.0 Å². The first kappa shape index (κ1) is 12.4. The number of nitrogens with zero attached hydrogens (tertiary/aromatic N) is 3. The molecule has 0 radical (unpaired) electrons. The highest BCUT2D eigenvalue weighted by atomic mass is 32.1. The number of nitrogens with two attached hydrogens (primary N) is 1. The fraction of sp³-hybridized carbons (Fsp3) is 0.167. The SMILES string of the molecule is Cc1cnc(CNc2ncccc2C(N)=S)cn1. The summed E-state index contributed by atoms with van der Waals surface area (Å²) in [6, 6.07) is 3.63. The second-order valence-electron chi connectivity index (χ2n) is 3.77. The molecule has 2 aromatic heterocycles. The van der Waals surface area contributed by atoms with Crippen LogP contribution in [0.4, 0.5) is 5.82 Å². The lowest BCUT2D eigenvalue weighted by Gasteiger charge is -2.09. The van der Waals surface area contributed by atoms with Gasteiger partial charge in [0.2, 0.25) is 0 Å². The van der Waals surface area contributed by atoms with Crippen LogP contribution in [0.2, 0.25) is 0 Å². The van der Waals surface area contributed by atoms with Gasteiger partial charge in [-0.25, -0.2) is 4.98 Å². The van der Waals surface area contributed by atoms with Gasteiger partial charge >= 0.3 is 0 Å². The van der Waals surface area contributed by atoms with Gasteiger partial charge in [-0.15, -0.1) is 0 Å². The highest BCUT2D eigenvalue weighted by molar-refractivity contribution is 7.80. The van der Waals surface area contributed by atoms with Crippen molar-refractivity contribution in [1.82, 2.24) is 15.0 Å². The Morgan fingerprint density at radius 3 is 2.83 bits per heavy atom. The number of anilines is 1. The first-order valence-corrected chi connectivity index (χ1v) is 5.84. The molecule has 2 aromatic rings. The fourth-order valence-electron chi connectivity index (χ4n) is 1.43. The van der Waals surface area contributed by atoms with Crippen molar-refractivity contribution in [2.45, 2.75) is 13.5 Å². The quantitative estimate of drug-likeness (QED) is 0.809. The second kappa shape index (κ2) is 5.50. The van der Waals surface area contributed by atoms with Crippen molar-refractivity contribution >= 4 is 23.0 Å². The third kappa shape index (κ3) is 2.98. The van der Waals surface area contributed by atoms with Gasteiger partial charge in [0.05, 0.1) is 29.7 Å². The predicted octanol–water partition coefficient (Wildman–Crippen LogP) is 1.43. The van der Waals surface area contributed by atoms with Crippen molar-refractivity contribution in [2.75, 3.05) is 5.32 Å². The predicted molar refractivity (Wildman–Crippen MR) is 74.2 cm³/mol. The van der Waals surface area contributed by atoms with Gasteiger partial charge in [0.15, 0.2) is 0 Å². The monoisotopic (exact) mass is 259 g/mol. The van der Waals surface area contributed by atoms with E-state index in [-0.39, 0.29) is 0 Å². The zero-order valence-electron chi connectivity index (χ0n) is 9.92. The average molecular weight is 259 g/mol. The van der Waals surface area contributed by atoms with Crippen LogP contribution in [-0.4, -0.2) is 19.9 Å². The van der Waals surface area contributed by atoms with Gasteiger partial charge in [-0.3, -0.25) is 9.97 Å². The average Bonchev–Trinajstić information content (AvgIpc) is 2.38. The molecule has 0 atom stereocenters. The number of nitrogens with one attached hydrogen (secondary N) is 1. The Labute approximate surface area is 110 Å². The smallest absolute Gasteiger partial charge is 0.136 e. The number of thiocarbonyl (C=S) groups is 1. The Bertz CT molecular complexity index is 553. The highest BCUT2D eigenvalue weighted by Crippen LogP contribution is 2.11. The third-order valence-corrected chi connectivity index (χ3v) is 2.56. The van der Waals surface area contributed by atoms with Crippen LogP contribution < -0.4 is 11.1 Å². The van der Waals surface area contributed by atoms with Crippen LogP contribution >= 0.6 is 12.2 Å². The Hall–Kier alpha value is -2.08. The molecule has 2 rings (SSSR count). The molecule has 92 valence electrons. The van der Waals surface area contributed by atoms with E-state index in [1.54, 1.807) is 24.7 Å². The molecule has 0 unspecified atom stereocenters. The van der Waals surface area contributed by atoms with Crippen molar-refractivity contribution in [1.29, 1.82) is 0 Å². The van der Waals surface area contributed by atoms with E-state index >= 15 is 0 Å². The lowest BCUT2D eigenvalue weighted by atomic mass is 10.2. The molecular formula is C12H13N5S. The van der Waals surface area contributed by atoms with Gasteiger partial charge in [0, 0.05) is 12.4 Å². The molecule has 0 bridgehead atoms. The summed E-state index contributed by atoms with van der Waals surface area (Å²) in [5, 5.41) is 3.15. The van der Waals surface area contributed by atoms with Gasteiger partial charge in [-0.2, -0.15) is 0 Å². The maximum Gasteiger partial charge on any atom is 0.136 e. The summed E-state index contributed by atoms with van der Waals surface area (Å²) < 4.78 is 0. The molecule has 0 saturated heterocycles. The van der Waals surface area contributed by atoms with Crippen molar-refractivity contribution < 1.29 is 0 Å². The largest absolute Gasteiger partial charge is 0.389 e. The summed E-state index contributed by atoms with van der Waals surface area (Å²) in [5.74, 6) is 0.660. The molecule has 18 heavy (non-hydrogen) atoms. The van der Waals surface area contributed by atoms with Crippen LogP contribution in [0, 0.1) is 6.92 Å². The zero-order valence-corrected chi connectivity index (χ0v) is 10.7. The molecule has 0 aliphatic carbocycles. The van der Waals surface area contributed by atoms with Gasteiger partial charge in [-0.1, -0.05) is 12.2 Å². The molecule has 5 nitrogen and oxygen atoms in total. The van der Waals surface area contributed by atoms with Crippen LogP contribution in [0.15, 0.2) is 30.7 Å². The normalized spacial score (nSPS) is 10.1. The number of hydrogen-bond donors (Lipinski definition) is 2. The molecule has 6 heteroatoms. The van der Waals surface area contributed by atoms with Crippen molar-refractivity contribution in [3.63, 3.8) is 0 Å². The summed E-state index contributed by atoms with van der Waals surface area (Å²) in [5.41, 5.74) is 8.08. The van der Waals surface area contributed by atoms with E-state index in [0.717, 1.165) is 17.0 Å². The first-order chi connectivity index (χ1) is 8.66. The van der Waals surface area contributed by atoms with Crippen LogP contribution in [0.5, 0.6) is 0 Å². The zero-order chi connectivity index (χ0) is 13.0. The van der Waals surface area contributed by atoms with E-state index < -0.39 is 0 Å². The minimum absolute atomic E-state index is 0.320. The summed E-state index contributed by atoms with van der Waals surface area (Å²) in [6.07, 6.45) is 5.14. The first-order valence-electron chi connectivity index (χ1n) is 5.43. The van der Waals surface area contributed by atoms with E-state index in [9.17, 15) is 0 Å². The Morgan fingerprint density at radius 1 is 1.33 bits per heavy atom. The van der Waals surface area contributed by atoms with Crippen molar-refractivity contribution in [3.8, 4) is 0 Å². The van der Waals surface area contributed by atoms with Crippen molar-refractivity contribution in [2.24, 2.45) is 5.73 Å². The fourth-order valence-corrected chi connectivity index (χ4v) is 1.59. The van der Waals surface area contributed by atoms with Crippen LogP contribution in [0.1, 0.15) is 17.0 Å². The van der Waals surface area contributed by atoms with Crippen LogP contribution in [-0.2, 0) is 6.54 Å². The molecule has 0 aromatic carbocycles. The standard InChI is InChI=1S/C12H13N5S/c1-8-5-16-9(6-15-8)7-17-12-10(11(13)18)3-2-4-14-12/h2-6H,7H2,1H3,(H2,13,18)(H,14,17).